The number of nitro groups is 1. The Bertz CT molecular complexity index is 1230. The van der Waals surface area contributed by atoms with Crippen molar-refractivity contribution in [2.45, 2.75) is 6.92 Å². The molecule has 0 unspecified atom stereocenters. The molecule has 4 aromatic rings. The first kappa shape index (κ1) is 16.5. The molecule has 3 aromatic heterocycles. The second-order valence-electron chi connectivity index (χ2n) is 5.88. The predicted molar refractivity (Wildman–Crippen MR) is 96.8 cm³/mol. The van der Waals surface area contributed by atoms with E-state index in [0.29, 0.717) is 16.9 Å². The number of rotatable bonds is 4. The van der Waals surface area contributed by atoms with E-state index < -0.39 is 16.7 Å². The second-order valence-corrected chi connectivity index (χ2v) is 5.88. The van der Waals surface area contributed by atoms with E-state index in [-0.39, 0.29) is 5.76 Å². The van der Waals surface area contributed by atoms with E-state index in [2.05, 4.69) is 15.6 Å². The lowest BCUT2D eigenvalue weighted by molar-refractivity contribution is -0.402. The van der Waals surface area contributed by atoms with Crippen molar-refractivity contribution in [1.29, 1.82) is 0 Å². The number of hydrazone groups is 1. The molecule has 0 aliphatic carbocycles. The van der Waals surface area contributed by atoms with Gasteiger partial charge >= 0.3 is 5.88 Å². The standard InChI is InChI=1S/C17H14N6O4/c1-10-15(16(24)19-18-9-11-7-8-14(27-11)23(25)26)17-21(2)12-5-3-4-6-13(12)22(17)20-10/h3-9H,1-2H3,(H,19,24)/b18-9-. The summed E-state index contributed by atoms with van der Waals surface area (Å²) in [6.45, 7) is 1.75. The fourth-order valence-corrected chi connectivity index (χ4v) is 3.02. The smallest absolute Gasteiger partial charge is 0.400 e. The molecule has 0 aliphatic heterocycles. The number of carbonyl (C=O) groups excluding carboxylic acids is 1. The van der Waals surface area contributed by atoms with Crippen molar-refractivity contribution in [3.8, 4) is 0 Å². The summed E-state index contributed by atoms with van der Waals surface area (Å²) in [5, 5.41) is 18.9. The number of aromatic nitrogens is 3. The number of fused-ring (bicyclic) bond motifs is 3. The van der Waals surface area contributed by atoms with Crippen LogP contribution < -0.4 is 5.43 Å². The highest BCUT2D eigenvalue weighted by molar-refractivity contribution is 6.03. The molecule has 0 bridgehead atoms. The van der Waals surface area contributed by atoms with Gasteiger partial charge in [0.05, 0.1) is 29.0 Å². The molecule has 3 heterocycles. The summed E-state index contributed by atoms with van der Waals surface area (Å²) in [6.07, 6.45) is 1.20. The summed E-state index contributed by atoms with van der Waals surface area (Å²) in [7, 11) is 1.86. The number of nitrogens with one attached hydrogen (secondary N) is 1. The highest BCUT2D eigenvalue weighted by Gasteiger charge is 2.22. The van der Waals surface area contributed by atoms with Gasteiger partial charge in [0, 0.05) is 7.05 Å². The van der Waals surface area contributed by atoms with Crippen molar-refractivity contribution >= 4 is 34.7 Å². The van der Waals surface area contributed by atoms with Crippen LogP contribution in [-0.2, 0) is 7.05 Å². The molecule has 10 nitrogen and oxygen atoms in total. The maximum atomic E-state index is 12.6. The summed E-state index contributed by atoms with van der Waals surface area (Å²) in [4.78, 5) is 22.6. The first-order valence-corrected chi connectivity index (χ1v) is 7.97. The molecule has 27 heavy (non-hydrogen) atoms. The molecular formula is C17H14N6O4. The summed E-state index contributed by atoms with van der Waals surface area (Å²) < 4.78 is 8.56. The van der Waals surface area contributed by atoms with Gasteiger partial charge in [-0.2, -0.15) is 10.2 Å². The summed E-state index contributed by atoms with van der Waals surface area (Å²) >= 11 is 0. The van der Waals surface area contributed by atoms with Crippen LogP contribution in [0.15, 0.2) is 45.9 Å². The Morgan fingerprint density at radius 2 is 2.04 bits per heavy atom. The average Bonchev–Trinajstić information content (AvgIpc) is 3.31. The SMILES string of the molecule is Cc1nn2c3ccccc3n(C)c2c1C(=O)N/N=C\c1ccc([N+](=O)[O-])o1. The molecule has 0 radical (unpaired) electrons. The number of imidazole rings is 1. The van der Waals surface area contributed by atoms with Crippen molar-refractivity contribution in [3.05, 3.63) is 63.5 Å². The number of hydrogen-bond acceptors (Lipinski definition) is 6. The van der Waals surface area contributed by atoms with Crippen molar-refractivity contribution < 1.29 is 14.1 Å². The second kappa shape index (κ2) is 6.09. The normalized spacial score (nSPS) is 11.6. The maximum absolute atomic E-state index is 12.6. The van der Waals surface area contributed by atoms with E-state index >= 15 is 0 Å². The fourth-order valence-electron chi connectivity index (χ4n) is 3.02. The van der Waals surface area contributed by atoms with Crippen LogP contribution in [0.3, 0.4) is 0 Å². The molecule has 136 valence electrons. The van der Waals surface area contributed by atoms with Crippen LogP contribution in [0, 0.1) is 17.0 Å². The van der Waals surface area contributed by atoms with Gasteiger partial charge < -0.3 is 8.98 Å². The Labute approximate surface area is 151 Å². The molecule has 0 saturated heterocycles. The van der Waals surface area contributed by atoms with Crippen LogP contribution in [0.1, 0.15) is 21.8 Å². The van der Waals surface area contributed by atoms with Gasteiger partial charge in [0.25, 0.3) is 5.91 Å². The molecular weight excluding hydrogens is 352 g/mol. The highest BCUT2D eigenvalue weighted by Crippen LogP contribution is 2.24. The Balaban J connectivity index is 1.65. The molecule has 4 rings (SSSR count). The van der Waals surface area contributed by atoms with Crippen molar-refractivity contribution in [3.63, 3.8) is 0 Å². The van der Waals surface area contributed by atoms with Crippen molar-refractivity contribution in [2.24, 2.45) is 12.1 Å². The third kappa shape index (κ3) is 2.63. The molecule has 0 aliphatic rings. The van der Waals surface area contributed by atoms with Crippen LogP contribution in [0.2, 0.25) is 0 Å². The minimum atomic E-state index is -0.650. The molecule has 0 fully saturated rings. The van der Waals surface area contributed by atoms with Crippen LogP contribution in [-0.4, -0.2) is 31.2 Å². The zero-order chi connectivity index (χ0) is 19.1. The number of benzene rings is 1. The lowest BCUT2D eigenvalue weighted by Crippen LogP contribution is -2.19. The monoisotopic (exact) mass is 366 g/mol. The molecule has 1 amide bonds. The first-order valence-electron chi connectivity index (χ1n) is 7.97. The van der Waals surface area contributed by atoms with E-state index in [9.17, 15) is 14.9 Å². The number of amides is 1. The zero-order valence-corrected chi connectivity index (χ0v) is 14.4. The maximum Gasteiger partial charge on any atom is 0.433 e. The van der Waals surface area contributed by atoms with E-state index in [1.54, 1.807) is 11.4 Å². The van der Waals surface area contributed by atoms with Crippen molar-refractivity contribution in [1.82, 2.24) is 19.6 Å². The quantitative estimate of drug-likeness (QED) is 0.338. The van der Waals surface area contributed by atoms with E-state index in [1.165, 1.54) is 18.3 Å². The van der Waals surface area contributed by atoms with Gasteiger partial charge in [0.2, 0.25) is 0 Å². The molecule has 1 aromatic carbocycles. The molecule has 0 atom stereocenters. The first-order chi connectivity index (χ1) is 13.0. The van der Waals surface area contributed by atoms with Gasteiger partial charge in [-0.25, -0.2) is 9.94 Å². The van der Waals surface area contributed by atoms with Gasteiger partial charge in [-0.3, -0.25) is 14.9 Å². The number of carbonyl (C=O) groups is 1. The lowest BCUT2D eigenvalue weighted by Gasteiger charge is -2.01. The minimum absolute atomic E-state index is 0.156. The number of aryl methyl sites for hydroxylation is 2. The summed E-state index contributed by atoms with van der Waals surface area (Å²) in [6, 6.07) is 10.3. The van der Waals surface area contributed by atoms with Gasteiger partial charge in [-0.1, -0.05) is 12.1 Å². The molecule has 0 spiro atoms. The van der Waals surface area contributed by atoms with Crippen LogP contribution >= 0.6 is 0 Å². The fraction of sp³-hybridized carbons (Fsp3) is 0.118. The summed E-state index contributed by atoms with van der Waals surface area (Å²) in [5.41, 5.74) is 5.86. The largest absolute Gasteiger partial charge is 0.433 e. The van der Waals surface area contributed by atoms with E-state index in [4.69, 9.17) is 4.42 Å². The van der Waals surface area contributed by atoms with E-state index in [1.807, 2.05) is 35.9 Å². The molecule has 1 N–H and O–H groups in total. The van der Waals surface area contributed by atoms with Gasteiger partial charge in [-0.05, 0) is 25.1 Å². The topological polar surface area (TPSA) is 120 Å². The van der Waals surface area contributed by atoms with Gasteiger partial charge in [0.15, 0.2) is 5.76 Å². The zero-order valence-electron chi connectivity index (χ0n) is 14.4. The number of nitrogens with zero attached hydrogens (tertiary/aromatic N) is 5. The highest BCUT2D eigenvalue weighted by atomic mass is 16.6. The minimum Gasteiger partial charge on any atom is -0.400 e. The summed E-state index contributed by atoms with van der Waals surface area (Å²) in [5.74, 6) is -0.679. The third-order valence-corrected chi connectivity index (χ3v) is 4.20. The number of hydrogen-bond donors (Lipinski definition) is 1. The molecule has 0 saturated carbocycles. The molecule has 10 heteroatoms. The number of para-hydroxylation sites is 2. The average molecular weight is 366 g/mol. The Hall–Kier alpha value is -3.95. The Morgan fingerprint density at radius 3 is 2.74 bits per heavy atom. The number of furan rings is 1. The van der Waals surface area contributed by atoms with Gasteiger partial charge in [-0.15, -0.1) is 0 Å². The van der Waals surface area contributed by atoms with Gasteiger partial charge in [0.1, 0.15) is 16.1 Å². The van der Waals surface area contributed by atoms with Crippen LogP contribution in [0.4, 0.5) is 5.88 Å². The Morgan fingerprint density at radius 1 is 1.30 bits per heavy atom. The van der Waals surface area contributed by atoms with Crippen LogP contribution in [0.5, 0.6) is 0 Å². The predicted octanol–water partition coefficient (Wildman–Crippen LogP) is 2.40. The Kier molecular flexibility index (Phi) is 3.73. The van der Waals surface area contributed by atoms with E-state index in [0.717, 1.165) is 11.0 Å². The third-order valence-electron chi connectivity index (χ3n) is 4.20. The van der Waals surface area contributed by atoms with Crippen LogP contribution in [0.25, 0.3) is 16.7 Å². The van der Waals surface area contributed by atoms with Crippen molar-refractivity contribution in [2.75, 3.05) is 0 Å². The lowest BCUT2D eigenvalue weighted by atomic mass is 10.2.